The van der Waals surface area contributed by atoms with Gasteiger partial charge in [-0.3, -0.25) is 0 Å². The van der Waals surface area contributed by atoms with Crippen LogP contribution in [0.25, 0.3) is 11.1 Å². The standard InChI is InChI=1S/C27H32N2O6S/c1-5-14-33-25(31)28-17-36-16-23(24(30)35-27(2,3)4)29-26(32)34-15-22-20-12-8-6-10-18(20)19-11-7-9-13-21(19)22/h5-13,22-23H,1,14-17H2,2-4H3,(H,28,31)(H,29,32)/t23-/m0/s1. The minimum Gasteiger partial charge on any atom is -0.458 e. The lowest BCUT2D eigenvalue weighted by atomic mass is 9.98. The van der Waals surface area contributed by atoms with Gasteiger partial charge in [-0.2, -0.15) is 0 Å². The molecule has 36 heavy (non-hydrogen) atoms. The number of thioether (sulfide) groups is 1. The van der Waals surface area contributed by atoms with Crippen molar-refractivity contribution in [2.45, 2.75) is 38.3 Å². The van der Waals surface area contributed by atoms with E-state index >= 15 is 0 Å². The lowest BCUT2D eigenvalue weighted by Gasteiger charge is -2.24. The highest BCUT2D eigenvalue weighted by molar-refractivity contribution is 7.99. The number of esters is 1. The van der Waals surface area contributed by atoms with Crippen LogP contribution in [0.2, 0.25) is 0 Å². The van der Waals surface area contributed by atoms with E-state index in [2.05, 4.69) is 29.3 Å². The molecule has 2 aromatic rings. The van der Waals surface area contributed by atoms with Gasteiger partial charge in [0.2, 0.25) is 0 Å². The van der Waals surface area contributed by atoms with Crippen LogP contribution in [-0.2, 0) is 19.0 Å². The van der Waals surface area contributed by atoms with Gasteiger partial charge in [0, 0.05) is 11.7 Å². The quantitative estimate of drug-likeness (QED) is 0.154. The minimum absolute atomic E-state index is 0.0942. The van der Waals surface area contributed by atoms with Crippen LogP contribution in [0.3, 0.4) is 0 Å². The molecule has 0 radical (unpaired) electrons. The van der Waals surface area contributed by atoms with Gasteiger partial charge in [-0.05, 0) is 43.0 Å². The van der Waals surface area contributed by atoms with Crippen molar-refractivity contribution in [3.63, 3.8) is 0 Å². The Morgan fingerprint density at radius 2 is 1.61 bits per heavy atom. The van der Waals surface area contributed by atoms with Gasteiger partial charge >= 0.3 is 18.2 Å². The van der Waals surface area contributed by atoms with Crippen LogP contribution < -0.4 is 10.6 Å². The summed E-state index contributed by atoms with van der Waals surface area (Å²) in [4.78, 5) is 37.0. The first kappa shape index (κ1) is 27.1. The third-order valence-electron chi connectivity index (χ3n) is 5.26. The third-order valence-corrected chi connectivity index (χ3v) is 6.18. The minimum atomic E-state index is -0.962. The summed E-state index contributed by atoms with van der Waals surface area (Å²) in [7, 11) is 0. The molecule has 192 valence electrons. The van der Waals surface area contributed by atoms with Crippen molar-refractivity contribution in [1.82, 2.24) is 10.6 Å². The smallest absolute Gasteiger partial charge is 0.408 e. The molecule has 0 saturated carbocycles. The molecule has 0 bridgehead atoms. The molecule has 0 heterocycles. The van der Waals surface area contributed by atoms with Gasteiger partial charge in [0.05, 0.1) is 5.88 Å². The highest BCUT2D eigenvalue weighted by Gasteiger charge is 2.31. The van der Waals surface area contributed by atoms with E-state index in [1.54, 1.807) is 20.8 Å². The van der Waals surface area contributed by atoms with Gasteiger partial charge < -0.3 is 24.8 Å². The maximum Gasteiger partial charge on any atom is 0.408 e. The molecular weight excluding hydrogens is 480 g/mol. The van der Waals surface area contributed by atoms with Gasteiger partial charge in [0.25, 0.3) is 0 Å². The fourth-order valence-corrected chi connectivity index (χ4v) is 4.59. The molecule has 0 aliphatic heterocycles. The zero-order chi connectivity index (χ0) is 26.1. The molecular formula is C27H32N2O6S. The summed E-state index contributed by atoms with van der Waals surface area (Å²) in [5, 5.41) is 5.17. The van der Waals surface area contributed by atoms with Crippen LogP contribution in [0.15, 0.2) is 61.2 Å². The fraction of sp³-hybridized carbons (Fsp3) is 0.370. The summed E-state index contributed by atoms with van der Waals surface area (Å²) in [6.07, 6.45) is 0.149. The van der Waals surface area contributed by atoms with Crippen molar-refractivity contribution < 1.29 is 28.6 Å². The number of hydrogen-bond acceptors (Lipinski definition) is 7. The molecule has 2 amide bonds. The van der Waals surface area contributed by atoms with E-state index < -0.39 is 29.8 Å². The maximum atomic E-state index is 12.7. The Morgan fingerprint density at radius 3 is 2.19 bits per heavy atom. The first-order valence-corrected chi connectivity index (χ1v) is 12.8. The van der Waals surface area contributed by atoms with Crippen LogP contribution in [-0.4, -0.2) is 54.6 Å². The second-order valence-corrected chi connectivity index (χ2v) is 10.2. The van der Waals surface area contributed by atoms with Gasteiger partial charge in [-0.25, -0.2) is 14.4 Å². The summed E-state index contributed by atoms with van der Waals surface area (Å²) in [5.41, 5.74) is 3.73. The third kappa shape index (κ3) is 7.52. The predicted octanol–water partition coefficient (Wildman–Crippen LogP) is 4.84. The second kappa shape index (κ2) is 12.5. The number of nitrogens with one attached hydrogen (secondary N) is 2. The summed E-state index contributed by atoms with van der Waals surface area (Å²) in [5.74, 6) is -0.330. The first-order valence-electron chi connectivity index (χ1n) is 11.6. The van der Waals surface area contributed by atoms with Gasteiger partial charge in [-0.15, -0.1) is 11.8 Å². The van der Waals surface area contributed by atoms with E-state index in [0.29, 0.717) is 0 Å². The highest BCUT2D eigenvalue weighted by atomic mass is 32.2. The van der Waals surface area contributed by atoms with Crippen molar-refractivity contribution in [3.8, 4) is 11.1 Å². The second-order valence-electron chi connectivity index (χ2n) is 9.13. The Hall–Kier alpha value is -3.46. The molecule has 1 atom stereocenters. The number of carbonyl (C=O) groups is 3. The Morgan fingerprint density at radius 1 is 1.00 bits per heavy atom. The number of alkyl carbamates (subject to hydrolysis) is 2. The molecule has 0 unspecified atom stereocenters. The number of fused-ring (bicyclic) bond motifs is 3. The number of ether oxygens (including phenoxy) is 3. The summed E-state index contributed by atoms with van der Waals surface area (Å²) < 4.78 is 15.9. The highest BCUT2D eigenvalue weighted by Crippen LogP contribution is 2.44. The van der Waals surface area contributed by atoms with Crippen LogP contribution in [0.5, 0.6) is 0 Å². The average molecular weight is 513 g/mol. The predicted molar refractivity (Wildman–Crippen MR) is 140 cm³/mol. The monoisotopic (exact) mass is 512 g/mol. The van der Waals surface area contributed by atoms with Crippen LogP contribution >= 0.6 is 11.8 Å². The van der Waals surface area contributed by atoms with Gasteiger partial charge in [0.15, 0.2) is 0 Å². The molecule has 3 rings (SSSR count). The van der Waals surface area contributed by atoms with Gasteiger partial charge in [-0.1, -0.05) is 61.2 Å². The number of carbonyl (C=O) groups excluding carboxylic acids is 3. The van der Waals surface area contributed by atoms with E-state index in [1.807, 2.05) is 36.4 Å². The molecule has 1 aliphatic carbocycles. The van der Waals surface area contributed by atoms with Crippen molar-refractivity contribution >= 4 is 29.9 Å². The molecule has 0 spiro atoms. The molecule has 9 heteroatoms. The molecule has 2 N–H and O–H groups in total. The number of hydrogen-bond donors (Lipinski definition) is 2. The van der Waals surface area contributed by atoms with Crippen LogP contribution in [0.1, 0.15) is 37.8 Å². The van der Waals surface area contributed by atoms with Gasteiger partial charge in [0.1, 0.15) is 24.9 Å². The maximum absolute atomic E-state index is 12.7. The molecule has 8 nitrogen and oxygen atoms in total. The Labute approximate surface area is 215 Å². The lowest BCUT2D eigenvalue weighted by molar-refractivity contribution is -0.156. The lowest BCUT2D eigenvalue weighted by Crippen LogP contribution is -2.46. The summed E-state index contributed by atoms with van der Waals surface area (Å²) in [6, 6.07) is 15.1. The SMILES string of the molecule is C=CCOC(=O)NCSC[C@H](NC(=O)OCC1c2ccccc2-c2ccccc21)C(=O)OC(C)(C)C. The van der Waals surface area contributed by atoms with Crippen molar-refractivity contribution in [1.29, 1.82) is 0 Å². The zero-order valence-electron chi connectivity index (χ0n) is 20.7. The van der Waals surface area contributed by atoms with E-state index in [1.165, 1.54) is 17.8 Å². The summed E-state index contributed by atoms with van der Waals surface area (Å²) >= 11 is 1.24. The van der Waals surface area contributed by atoms with E-state index in [0.717, 1.165) is 22.3 Å². The normalized spacial score (nSPS) is 13.1. The van der Waals surface area contributed by atoms with Crippen molar-refractivity contribution in [3.05, 3.63) is 72.3 Å². The van der Waals surface area contributed by atoms with Crippen LogP contribution in [0, 0.1) is 0 Å². The van der Waals surface area contributed by atoms with Crippen molar-refractivity contribution in [2.24, 2.45) is 0 Å². The fourth-order valence-electron chi connectivity index (χ4n) is 3.80. The average Bonchev–Trinajstić information content (AvgIpc) is 3.16. The number of amides is 2. The zero-order valence-corrected chi connectivity index (χ0v) is 21.6. The van der Waals surface area contributed by atoms with Crippen LogP contribution in [0.4, 0.5) is 9.59 Å². The number of benzene rings is 2. The Bertz CT molecular complexity index is 1050. The number of rotatable bonds is 10. The van der Waals surface area contributed by atoms with E-state index in [4.69, 9.17) is 14.2 Å². The Kier molecular flexibility index (Phi) is 9.41. The topological polar surface area (TPSA) is 103 Å². The van der Waals surface area contributed by atoms with E-state index in [9.17, 15) is 14.4 Å². The summed E-state index contributed by atoms with van der Waals surface area (Å²) in [6.45, 7) is 8.95. The molecule has 0 saturated heterocycles. The largest absolute Gasteiger partial charge is 0.458 e. The molecule has 0 aromatic heterocycles. The van der Waals surface area contributed by atoms with Crippen molar-refractivity contribution in [2.75, 3.05) is 24.8 Å². The molecule has 1 aliphatic rings. The Balaban J connectivity index is 1.59. The first-order chi connectivity index (χ1) is 17.2. The molecule has 0 fully saturated rings. The van der Waals surface area contributed by atoms with E-state index in [-0.39, 0.29) is 30.8 Å². The molecule has 2 aromatic carbocycles.